The van der Waals surface area contributed by atoms with Crippen molar-refractivity contribution in [2.75, 3.05) is 13.2 Å². The number of hydrogen-bond acceptors (Lipinski definition) is 2. The summed E-state index contributed by atoms with van der Waals surface area (Å²) in [4.78, 5) is 0. The zero-order valence-electron chi connectivity index (χ0n) is 23.6. The molecule has 2 heteroatoms. The highest BCUT2D eigenvalue weighted by Gasteiger charge is 2.39. The summed E-state index contributed by atoms with van der Waals surface area (Å²) < 4.78 is 11.9. The summed E-state index contributed by atoms with van der Waals surface area (Å²) in [6.45, 7) is 21.6. The van der Waals surface area contributed by atoms with Crippen LogP contribution in [0.25, 0.3) is 0 Å². The second kappa shape index (κ2) is 14.8. The molecule has 2 fully saturated rings. The Morgan fingerprint density at radius 3 is 1.71 bits per heavy atom. The Hall–Kier alpha value is -0.600. The van der Waals surface area contributed by atoms with Gasteiger partial charge in [0.25, 0.3) is 0 Å². The molecule has 0 spiro atoms. The van der Waals surface area contributed by atoms with E-state index in [4.69, 9.17) is 9.47 Å². The van der Waals surface area contributed by atoms with Gasteiger partial charge in [-0.25, -0.2) is 0 Å². The van der Waals surface area contributed by atoms with Crippen LogP contribution in [0.4, 0.5) is 0 Å². The molecule has 0 saturated heterocycles. The van der Waals surface area contributed by atoms with Gasteiger partial charge in [-0.3, -0.25) is 0 Å². The highest BCUT2D eigenvalue weighted by molar-refractivity contribution is 4.89. The van der Waals surface area contributed by atoms with Crippen molar-refractivity contribution in [3.8, 4) is 0 Å². The van der Waals surface area contributed by atoms with Gasteiger partial charge in [-0.05, 0) is 92.8 Å². The molecule has 0 heterocycles. The monoisotopic (exact) mass is 474 g/mol. The predicted octanol–water partition coefficient (Wildman–Crippen LogP) is 9.54. The first-order chi connectivity index (χ1) is 16.2. The number of unbranched alkanes of at least 4 members (excludes halogenated alkanes) is 1. The quantitative estimate of drug-likeness (QED) is 0.164. The maximum absolute atomic E-state index is 5.96. The lowest BCUT2D eigenvalue weighted by Crippen LogP contribution is -2.36. The van der Waals surface area contributed by atoms with Gasteiger partial charge < -0.3 is 9.47 Å². The number of hydrogen-bond donors (Lipinski definition) is 0. The molecule has 0 aliphatic heterocycles. The molecular formula is C32H58O2. The van der Waals surface area contributed by atoms with Crippen molar-refractivity contribution < 1.29 is 9.47 Å². The molecule has 1 unspecified atom stereocenters. The zero-order chi connectivity index (χ0) is 25.0. The molecular weight excluding hydrogens is 416 g/mol. The van der Waals surface area contributed by atoms with Crippen LogP contribution < -0.4 is 0 Å². The van der Waals surface area contributed by atoms with Crippen molar-refractivity contribution in [1.29, 1.82) is 0 Å². The fraction of sp³-hybridized carbons (Fsp3) is 0.875. The summed E-state index contributed by atoms with van der Waals surface area (Å²) in [5.74, 6) is 2.56. The van der Waals surface area contributed by atoms with Gasteiger partial charge >= 0.3 is 0 Å². The third-order valence-electron chi connectivity index (χ3n) is 9.72. The van der Waals surface area contributed by atoms with E-state index in [0.29, 0.717) is 36.3 Å². The second-order valence-corrected chi connectivity index (χ2v) is 12.7. The van der Waals surface area contributed by atoms with Crippen molar-refractivity contribution in [1.82, 2.24) is 0 Å². The van der Waals surface area contributed by atoms with Gasteiger partial charge in [0.1, 0.15) is 0 Å². The van der Waals surface area contributed by atoms with E-state index in [1.54, 1.807) is 0 Å². The van der Waals surface area contributed by atoms with Crippen LogP contribution >= 0.6 is 0 Å². The van der Waals surface area contributed by atoms with Crippen molar-refractivity contribution >= 4 is 0 Å². The Kier molecular flexibility index (Phi) is 12.9. The Balaban J connectivity index is 1.77. The minimum Gasteiger partial charge on any atom is -0.374 e. The highest BCUT2D eigenvalue weighted by atomic mass is 16.5. The summed E-state index contributed by atoms with van der Waals surface area (Å²) in [6, 6.07) is 0. The van der Waals surface area contributed by atoms with E-state index < -0.39 is 0 Å². The van der Waals surface area contributed by atoms with E-state index in [-0.39, 0.29) is 0 Å². The maximum Gasteiger partial charge on any atom is 0.0648 e. The maximum atomic E-state index is 5.96. The summed E-state index contributed by atoms with van der Waals surface area (Å²) >= 11 is 0. The molecule has 2 saturated carbocycles. The Labute approximate surface area is 213 Å². The van der Waals surface area contributed by atoms with E-state index in [9.17, 15) is 0 Å². The average Bonchev–Trinajstić information content (AvgIpc) is 2.83. The van der Waals surface area contributed by atoms with Gasteiger partial charge in [0, 0.05) is 0 Å². The normalized spacial score (nSPS) is 27.3. The lowest BCUT2D eigenvalue weighted by Gasteiger charge is -2.45. The van der Waals surface area contributed by atoms with E-state index in [2.05, 4.69) is 47.8 Å². The first kappa shape index (κ1) is 29.6. The zero-order valence-corrected chi connectivity index (χ0v) is 23.6. The topological polar surface area (TPSA) is 18.5 Å². The van der Waals surface area contributed by atoms with Gasteiger partial charge in [0.2, 0.25) is 0 Å². The van der Waals surface area contributed by atoms with E-state index in [1.165, 1.54) is 89.9 Å². The lowest BCUT2D eigenvalue weighted by molar-refractivity contribution is -0.00435. The third kappa shape index (κ3) is 9.12. The molecule has 0 N–H and O–H groups in total. The summed E-state index contributed by atoms with van der Waals surface area (Å²) in [5.41, 5.74) is 0.905. The van der Waals surface area contributed by atoms with Gasteiger partial charge in [-0.15, -0.1) is 13.2 Å². The second-order valence-electron chi connectivity index (χ2n) is 12.7. The van der Waals surface area contributed by atoms with Crippen LogP contribution in [0.5, 0.6) is 0 Å². The van der Waals surface area contributed by atoms with E-state index in [0.717, 1.165) is 17.8 Å². The third-order valence-corrected chi connectivity index (χ3v) is 9.72. The Morgan fingerprint density at radius 2 is 1.24 bits per heavy atom. The van der Waals surface area contributed by atoms with Crippen molar-refractivity contribution in [2.24, 2.45) is 28.6 Å². The largest absolute Gasteiger partial charge is 0.374 e. The first-order valence-electron chi connectivity index (χ1n) is 14.7. The molecule has 0 aromatic heterocycles. The molecule has 198 valence electrons. The van der Waals surface area contributed by atoms with E-state index in [1.807, 2.05) is 12.2 Å². The summed E-state index contributed by atoms with van der Waals surface area (Å²) in [5, 5.41) is 0. The predicted molar refractivity (Wildman–Crippen MR) is 148 cm³/mol. The van der Waals surface area contributed by atoms with Crippen LogP contribution in [0.3, 0.4) is 0 Å². The molecule has 0 aromatic carbocycles. The van der Waals surface area contributed by atoms with Gasteiger partial charge in [0.15, 0.2) is 0 Å². The van der Waals surface area contributed by atoms with Crippen LogP contribution in [-0.2, 0) is 9.47 Å². The lowest BCUT2D eigenvalue weighted by atomic mass is 9.61. The smallest absolute Gasteiger partial charge is 0.0648 e. The van der Waals surface area contributed by atoms with Crippen LogP contribution in [0, 0.1) is 28.6 Å². The fourth-order valence-electron chi connectivity index (χ4n) is 7.14. The minimum absolute atomic E-state index is 0.443. The molecule has 2 nitrogen and oxygen atoms in total. The Bertz CT molecular complexity index is 562. The molecule has 0 amide bonds. The average molecular weight is 475 g/mol. The van der Waals surface area contributed by atoms with E-state index >= 15 is 0 Å². The molecule has 2 rings (SSSR count). The van der Waals surface area contributed by atoms with Crippen molar-refractivity contribution in [3.63, 3.8) is 0 Å². The van der Waals surface area contributed by atoms with Crippen LogP contribution in [0.15, 0.2) is 25.3 Å². The first-order valence-corrected chi connectivity index (χ1v) is 14.7. The number of ether oxygens (including phenoxy) is 2. The fourth-order valence-corrected chi connectivity index (χ4v) is 7.14. The molecule has 1 atom stereocenters. The number of rotatable bonds is 16. The molecule has 2 aliphatic rings. The molecule has 0 radical (unpaired) electrons. The molecule has 0 aromatic rings. The van der Waals surface area contributed by atoms with Crippen LogP contribution in [0.1, 0.15) is 125 Å². The van der Waals surface area contributed by atoms with Crippen molar-refractivity contribution in [3.05, 3.63) is 25.3 Å². The molecule has 2 aliphatic carbocycles. The standard InChI is InChI=1S/C32H58O2/c1-8-13-27(32(6,7)28-17-21-30(22-18-28)34-25-10-3)14-11-12-23-31(4,5)26-15-19-29(20-16-26)33-24-9-2/h9-10,26-30H,2-3,8,11-25H2,1,4-7H3. The highest BCUT2D eigenvalue weighted by Crippen LogP contribution is 2.48. The minimum atomic E-state index is 0.443. The molecule has 34 heavy (non-hydrogen) atoms. The van der Waals surface area contributed by atoms with Gasteiger partial charge in [-0.2, -0.15) is 0 Å². The van der Waals surface area contributed by atoms with Gasteiger partial charge in [0.05, 0.1) is 25.4 Å². The molecule has 0 bridgehead atoms. The van der Waals surface area contributed by atoms with Gasteiger partial charge in [-0.1, -0.05) is 72.5 Å². The summed E-state index contributed by atoms with van der Waals surface area (Å²) in [7, 11) is 0. The Morgan fingerprint density at radius 1 is 0.735 bits per heavy atom. The van der Waals surface area contributed by atoms with Crippen LogP contribution in [-0.4, -0.2) is 25.4 Å². The van der Waals surface area contributed by atoms with Crippen LogP contribution in [0.2, 0.25) is 0 Å². The van der Waals surface area contributed by atoms with Crippen molar-refractivity contribution in [2.45, 2.75) is 137 Å². The summed E-state index contributed by atoms with van der Waals surface area (Å²) in [6.07, 6.45) is 23.2. The SMILES string of the molecule is C=CCOC1CCC(C(C)(C)CCCCC(CCC)C(C)(C)C2CCC(OCC=C)CC2)CC1.